The van der Waals surface area contributed by atoms with Gasteiger partial charge in [-0.2, -0.15) is 0 Å². The van der Waals surface area contributed by atoms with Crippen molar-refractivity contribution in [3.05, 3.63) is 36.0 Å². The number of ether oxygens (including phenoxy) is 1. The number of nitrogens with zero attached hydrogens (tertiary/aromatic N) is 1. The Hall–Kier alpha value is -1.32. The molecule has 0 spiro atoms. The quantitative estimate of drug-likeness (QED) is 0.838. The Morgan fingerprint density at radius 1 is 1.30 bits per heavy atom. The van der Waals surface area contributed by atoms with Crippen LogP contribution < -0.4 is 5.32 Å². The van der Waals surface area contributed by atoms with E-state index in [-0.39, 0.29) is 0 Å². The Kier molecular flexibility index (Phi) is 3.81. The fourth-order valence-electron chi connectivity index (χ4n) is 3.04. The number of hydrogen-bond acceptors (Lipinski definition) is 2. The van der Waals surface area contributed by atoms with Gasteiger partial charge in [-0.3, -0.25) is 0 Å². The van der Waals surface area contributed by atoms with E-state index in [2.05, 4.69) is 47.4 Å². The smallest absolute Gasteiger partial charge is 0.0481 e. The van der Waals surface area contributed by atoms with Crippen LogP contribution in [0.3, 0.4) is 0 Å². The molecule has 1 saturated carbocycles. The van der Waals surface area contributed by atoms with E-state index in [4.69, 9.17) is 4.74 Å². The molecule has 0 amide bonds. The van der Waals surface area contributed by atoms with Gasteiger partial charge in [0.15, 0.2) is 0 Å². The van der Waals surface area contributed by atoms with Crippen LogP contribution in [0.2, 0.25) is 0 Å². The summed E-state index contributed by atoms with van der Waals surface area (Å²) in [6, 6.07) is 8.61. The Bertz CT molecular complexity index is 584. The molecule has 1 aromatic heterocycles. The average molecular weight is 272 g/mol. The largest absolute Gasteiger partial charge is 0.385 e. The van der Waals surface area contributed by atoms with Gasteiger partial charge in [-0.15, -0.1) is 0 Å². The highest BCUT2D eigenvalue weighted by molar-refractivity contribution is 5.83. The number of para-hydroxylation sites is 1. The summed E-state index contributed by atoms with van der Waals surface area (Å²) in [4.78, 5) is 0. The van der Waals surface area contributed by atoms with Gasteiger partial charge in [0.05, 0.1) is 0 Å². The molecule has 0 bridgehead atoms. The molecule has 1 fully saturated rings. The van der Waals surface area contributed by atoms with E-state index in [0.717, 1.165) is 19.7 Å². The maximum Gasteiger partial charge on any atom is 0.0481 e. The molecule has 1 heterocycles. The van der Waals surface area contributed by atoms with E-state index in [1.807, 2.05) is 0 Å². The van der Waals surface area contributed by atoms with Crippen LogP contribution in [0.15, 0.2) is 30.5 Å². The van der Waals surface area contributed by atoms with Crippen LogP contribution in [0.4, 0.5) is 0 Å². The van der Waals surface area contributed by atoms with Crippen LogP contribution in [0.5, 0.6) is 0 Å². The van der Waals surface area contributed by atoms with Crippen LogP contribution in [0, 0.1) is 5.41 Å². The van der Waals surface area contributed by atoms with Crippen LogP contribution in [-0.4, -0.2) is 24.8 Å². The summed E-state index contributed by atoms with van der Waals surface area (Å²) < 4.78 is 7.42. The zero-order valence-corrected chi connectivity index (χ0v) is 12.5. The first-order valence-corrected chi connectivity index (χ1v) is 7.47. The molecular weight excluding hydrogens is 248 g/mol. The van der Waals surface area contributed by atoms with Crippen molar-refractivity contribution >= 4 is 10.9 Å². The number of fused-ring (bicyclic) bond motifs is 1. The normalized spacial score (nSPS) is 16.7. The molecule has 108 valence electrons. The molecule has 1 aliphatic carbocycles. The Balaban J connectivity index is 1.60. The minimum Gasteiger partial charge on any atom is -0.385 e. The first kappa shape index (κ1) is 13.7. The summed E-state index contributed by atoms with van der Waals surface area (Å²) in [6.45, 7) is 2.95. The van der Waals surface area contributed by atoms with E-state index in [1.165, 1.54) is 35.7 Å². The highest BCUT2D eigenvalue weighted by atomic mass is 16.5. The summed E-state index contributed by atoms with van der Waals surface area (Å²) >= 11 is 0. The van der Waals surface area contributed by atoms with Crippen LogP contribution in [-0.2, 0) is 18.3 Å². The molecule has 0 aliphatic heterocycles. The lowest BCUT2D eigenvalue weighted by atomic mass is 10.0. The van der Waals surface area contributed by atoms with Crippen molar-refractivity contribution < 1.29 is 4.74 Å². The predicted molar refractivity (Wildman–Crippen MR) is 82.8 cm³/mol. The van der Waals surface area contributed by atoms with Gasteiger partial charge in [-0.05, 0) is 36.3 Å². The minimum absolute atomic E-state index is 0.514. The number of aryl methyl sites for hydroxylation is 1. The first-order valence-electron chi connectivity index (χ1n) is 7.47. The number of benzene rings is 1. The molecule has 3 rings (SSSR count). The van der Waals surface area contributed by atoms with Crippen molar-refractivity contribution in [3.63, 3.8) is 0 Å². The second-order valence-electron chi connectivity index (χ2n) is 6.13. The molecule has 0 radical (unpaired) electrons. The van der Waals surface area contributed by atoms with Gasteiger partial charge in [0.25, 0.3) is 0 Å². The number of rotatable bonds is 7. The lowest BCUT2D eigenvalue weighted by Gasteiger charge is -2.15. The third kappa shape index (κ3) is 2.74. The first-order chi connectivity index (χ1) is 9.74. The van der Waals surface area contributed by atoms with E-state index in [9.17, 15) is 0 Å². The molecule has 1 N–H and O–H groups in total. The predicted octanol–water partition coefficient (Wildman–Crippen LogP) is 3.08. The highest BCUT2D eigenvalue weighted by Gasteiger charge is 2.41. The Labute approximate surface area is 120 Å². The van der Waals surface area contributed by atoms with Crippen molar-refractivity contribution in [1.29, 1.82) is 0 Å². The van der Waals surface area contributed by atoms with Crippen LogP contribution in [0.1, 0.15) is 24.8 Å². The summed E-state index contributed by atoms with van der Waals surface area (Å²) in [5.41, 5.74) is 3.22. The van der Waals surface area contributed by atoms with Gasteiger partial charge < -0.3 is 14.6 Å². The third-order valence-electron chi connectivity index (χ3n) is 4.59. The van der Waals surface area contributed by atoms with Gasteiger partial charge in [-0.1, -0.05) is 18.2 Å². The zero-order chi connectivity index (χ0) is 14.0. The Morgan fingerprint density at radius 3 is 2.85 bits per heavy atom. The molecule has 3 nitrogen and oxygen atoms in total. The van der Waals surface area contributed by atoms with E-state index in [0.29, 0.717) is 5.41 Å². The van der Waals surface area contributed by atoms with Gasteiger partial charge in [0.2, 0.25) is 0 Å². The molecular formula is C17H24N2O. The molecule has 0 unspecified atom stereocenters. The van der Waals surface area contributed by atoms with E-state index in [1.54, 1.807) is 7.11 Å². The van der Waals surface area contributed by atoms with Gasteiger partial charge in [-0.25, -0.2) is 0 Å². The maximum absolute atomic E-state index is 5.21. The summed E-state index contributed by atoms with van der Waals surface area (Å²) in [7, 11) is 3.91. The lowest BCUT2D eigenvalue weighted by Crippen LogP contribution is -2.24. The van der Waals surface area contributed by atoms with Crippen LogP contribution in [0.25, 0.3) is 10.9 Å². The van der Waals surface area contributed by atoms with Crippen molar-refractivity contribution in [2.45, 2.75) is 25.8 Å². The zero-order valence-electron chi connectivity index (χ0n) is 12.5. The average Bonchev–Trinajstić information content (AvgIpc) is 3.17. The second kappa shape index (κ2) is 5.58. The van der Waals surface area contributed by atoms with Gasteiger partial charge >= 0.3 is 0 Å². The molecule has 20 heavy (non-hydrogen) atoms. The number of hydrogen-bond donors (Lipinski definition) is 1. The molecule has 1 aromatic carbocycles. The summed E-state index contributed by atoms with van der Waals surface area (Å²) in [5.74, 6) is 0. The van der Waals surface area contributed by atoms with E-state index >= 15 is 0 Å². The monoisotopic (exact) mass is 272 g/mol. The van der Waals surface area contributed by atoms with Crippen molar-refractivity contribution in [2.75, 3.05) is 20.3 Å². The van der Waals surface area contributed by atoms with E-state index < -0.39 is 0 Å². The topological polar surface area (TPSA) is 26.2 Å². The maximum atomic E-state index is 5.21. The SMILES string of the molecule is COCCC1(CNCc2cn(C)c3ccccc23)CC1. The standard InChI is InChI=1S/C17H24N2O/c1-19-12-14(15-5-3-4-6-16(15)19)11-18-13-17(7-8-17)9-10-20-2/h3-6,12,18H,7-11,13H2,1-2H3. The second-order valence-corrected chi connectivity index (χ2v) is 6.13. The Morgan fingerprint density at radius 2 is 2.10 bits per heavy atom. The molecule has 3 heteroatoms. The van der Waals surface area contributed by atoms with Crippen LogP contribution >= 0.6 is 0 Å². The molecule has 1 aliphatic rings. The van der Waals surface area contributed by atoms with Gasteiger partial charge in [0, 0.05) is 51.0 Å². The number of methoxy groups -OCH3 is 1. The fourth-order valence-corrected chi connectivity index (χ4v) is 3.04. The summed E-state index contributed by atoms with van der Waals surface area (Å²) in [6.07, 6.45) is 6.12. The molecule has 0 atom stereocenters. The number of aromatic nitrogens is 1. The number of nitrogens with one attached hydrogen (secondary N) is 1. The lowest BCUT2D eigenvalue weighted by molar-refractivity contribution is 0.171. The molecule has 2 aromatic rings. The summed E-state index contributed by atoms with van der Waals surface area (Å²) in [5, 5.41) is 5.01. The molecule has 0 saturated heterocycles. The van der Waals surface area contributed by atoms with Gasteiger partial charge in [0.1, 0.15) is 0 Å². The fraction of sp³-hybridized carbons (Fsp3) is 0.529. The van der Waals surface area contributed by atoms with Crippen molar-refractivity contribution in [1.82, 2.24) is 9.88 Å². The van der Waals surface area contributed by atoms with Crippen molar-refractivity contribution in [3.8, 4) is 0 Å². The highest BCUT2D eigenvalue weighted by Crippen LogP contribution is 2.48. The van der Waals surface area contributed by atoms with Crippen molar-refractivity contribution in [2.24, 2.45) is 12.5 Å². The third-order valence-corrected chi connectivity index (χ3v) is 4.59. The minimum atomic E-state index is 0.514.